The van der Waals surface area contributed by atoms with Crippen LogP contribution in [-0.2, 0) is 9.53 Å². The fourth-order valence-corrected chi connectivity index (χ4v) is 1.81. The van der Waals surface area contributed by atoms with Gasteiger partial charge in [-0.2, -0.15) is 0 Å². The molecule has 0 radical (unpaired) electrons. The quantitative estimate of drug-likeness (QED) is 0.488. The van der Waals surface area contributed by atoms with Crippen LogP contribution in [0.25, 0.3) is 0 Å². The Kier molecular flexibility index (Phi) is 9.30. The number of hydrogen-bond donors (Lipinski definition) is 1. The maximum atomic E-state index is 11.2. The summed E-state index contributed by atoms with van der Waals surface area (Å²) in [5.74, 6) is -0.183. The highest BCUT2D eigenvalue weighted by molar-refractivity contribution is 5.75. The molecule has 3 nitrogen and oxygen atoms in total. The SMILES string of the molecule is CCCCCCCC(C)NC(C)C(=O)OC. The van der Waals surface area contributed by atoms with Crippen LogP contribution in [0.15, 0.2) is 0 Å². The molecule has 0 bridgehead atoms. The second-order valence-corrected chi connectivity index (χ2v) is 4.52. The Hall–Kier alpha value is -0.570. The fourth-order valence-electron chi connectivity index (χ4n) is 1.81. The molecule has 0 rings (SSSR count). The second-order valence-electron chi connectivity index (χ2n) is 4.52. The standard InChI is InChI=1S/C13H27NO2/c1-5-6-7-8-9-10-11(2)14-12(3)13(15)16-4/h11-12,14H,5-10H2,1-4H3. The van der Waals surface area contributed by atoms with Crippen LogP contribution in [0.2, 0.25) is 0 Å². The summed E-state index contributed by atoms with van der Waals surface area (Å²) in [5.41, 5.74) is 0. The molecular formula is C13H27NO2. The zero-order valence-corrected chi connectivity index (χ0v) is 11.2. The summed E-state index contributed by atoms with van der Waals surface area (Å²) in [4.78, 5) is 11.2. The number of esters is 1. The van der Waals surface area contributed by atoms with E-state index in [1.807, 2.05) is 6.92 Å². The first kappa shape index (κ1) is 15.4. The van der Waals surface area contributed by atoms with Crippen molar-refractivity contribution >= 4 is 5.97 Å². The molecule has 0 aliphatic heterocycles. The Labute approximate surface area is 99.9 Å². The third-order valence-corrected chi connectivity index (χ3v) is 2.83. The molecule has 0 amide bonds. The van der Waals surface area contributed by atoms with Crippen LogP contribution in [0.4, 0.5) is 0 Å². The fraction of sp³-hybridized carbons (Fsp3) is 0.923. The molecule has 0 fully saturated rings. The molecule has 0 saturated carbocycles. The molecule has 0 aliphatic carbocycles. The number of hydrogen-bond acceptors (Lipinski definition) is 3. The van der Waals surface area contributed by atoms with Crippen LogP contribution in [0.3, 0.4) is 0 Å². The zero-order chi connectivity index (χ0) is 12.4. The van der Waals surface area contributed by atoms with Gasteiger partial charge in [-0.25, -0.2) is 0 Å². The van der Waals surface area contributed by atoms with Gasteiger partial charge in [-0.05, 0) is 20.3 Å². The van der Waals surface area contributed by atoms with Crippen LogP contribution >= 0.6 is 0 Å². The molecule has 2 unspecified atom stereocenters. The molecule has 0 aliphatic rings. The van der Waals surface area contributed by atoms with Crippen molar-refractivity contribution in [2.24, 2.45) is 0 Å². The molecule has 0 saturated heterocycles. The molecule has 0 aromatic carbocycles. The van der Waals surface area contributed by atoms with Gasteiger partial charge in [0.15, 0.2) is 0 Å². The summed E-state index contributed by atoms with van der Waals surface area (Å²) in [6.07, 6.45) is 7.61. The van der Waals surface area contributed by atoms with E-state index in [2.05, 4.69) is 23.9 Å². The molecular weight excluding hydrogens is 202 g/mol. The minimum atomic E-state index is -0.198. The van der Waals surface area contributed by atoms with E-state index in [4.69, 9.17) is 0 Å². The summed E-state index contributed by atoms with van der Waals surface area (Å²) in [5, 5.41) is 3.25. The van der Waals surface area contributed by atoms with Gasteiger partial charge < -0.3 is 10.1 Å². The predicted molar refractivity (Wildman–Crippen MR) is 67.5 cm³/mol. The first-order valence-corrected chi connectivity index (χ1v) is 6.45. The lowest BCUT2D eigenvalue weighted by Crippen LogP contribution is -2.40. The zero-order valence-electron chi connectivity index (χ0n) is 11.2. The Balaban J connectivity index is 3.50. The molecule has 96 valence electrons. The average Bonchev–Trinajstić information content (AvgIpc) is 2.27. The van der Waals surface area contributed by atoms with Crippen molar-refractivity contribution in [2.45, 2.75) is 71.4 Å². The summed E-state index contributed by atoms with van der Waals surface area (Å²) in [6, 6.07) is 0.186. The highest BCUT2D eigenvalue weighted by Crippen LogP contribution is 2.07. The average molecular weight is 229 g/mol. The van der Waals surface area contributed by atoms with Gasteiger partial charge in [-0.15, -0.1) is 0 Å². The number of carbonyl (C=O) groups is 1. The number of methoxy groups -OCH3 is 1. The lowest BCUT2D eigenvalue weighted by atomic mass is 10.1. The number of rotatable bonds is 9. The highest BCUT2D eigenvalue weighted by Gasteiger charge is 2.14. The van der Waals surface area contributed by atoms with E-state index in [0.717, 1.165) is 6.42 Å². The van der Waals surface area contributed by atoms with E-state index in [9.17, 15) is 4.79 Å². The van der Waals surface area contributed by atoms with Gasteiger partial charge in [-0.3, -0.25) is 4.79 Å². The molecule has 3 heteroatoms. The molecule has 0 aromatic heterocycles. The Morgan fingerprint density at radius 1 is 1.19 bits per heavy atom. The predicted octanol–water partition coefficient (Wildman–Crippen LogP) is 2.89. The van der Waals surface area contributed by atoms with E-state index in [-0.39, 0.29) is 12.0 Å². The minimum Gasteiger partial charge on any atom is -0.468 e. The normalized spacial score (nSPS) is 14.5. The first-order chi connectivity index (χ1) is 7.61. The summed E-state index contributed by atoms with van der Waals surface area (Å²) >= 11 is 0. The van der Waals surface area contributed by atoms with E-state index in [0.29, 0.717) is 6.04 Å². The molecule has 1 N–H and O–H groups in total. The summed E-state index contributed by atoms with van der Waals surface area (Å²) in [6.45, 7) is 6.20. The summed E-state index contributed by atoms with van der Waals surface area (Å²) < 4.78 is 4.67. The van der Waals surface area contributed by atoms with Gasteiger partial charge in [-0.1, -0.05) is 39.0 Å². The van der Waals surface area contributed by atoms with Gasteiger partial charge in [0, 0.05) is 6.04 Å². The van der Waals surface area contributed by atoms with E-state index < -0.39 is 0 Å². The van der Waals surface area contributed by atoms with Gasteiger partial charge in [0.05, 0.1) is 7.11 Å². The smallest absolute Gasteiger partial charge is 0.322 e. The monoisotopic (exact) mass is 229 g/mol. The number of nitrogens with one attached hydrogen (secondary N) is 1. The van der Waals surface area contributed by atoms with Crippen molar-refractivity contribution in [3.8, 4) is 0 Å². The first-order valence-electron chi connectivity index (χ1n) is 6.45. The lowest BCUT2D eigenvalue weighted by molar-refractivity contribution is -0.142. The Morgan fingerprint density at radius 3 is 2.38 bits per heavy atom. The van der Waals surface area contributed by atoms with Crippen LogP contribution < -0.4 is 5.32 Å². The maximum Gasteiger partial charge on any atom is 0.322 e. The number of ether oxygens (including phenoxy) is 1. The van der Waals surface area contributed by atoms with Crippen molar-refractivity contribution < 1.29 is 9.53 Å². The van der Waals surface area contributed by atoms with Gasteiger partial charge in [0.25, 0.3) is 0 Å². The van der Waals surface area contributed by atoms with E-state index in [1.54, 1.807) is 0 Å². The number of unbranched alkanes of at least 4 members (excludes halogenated alkanes) is 4. The van der Waals surface area contributed by atoms with Crippen molar-refractivity contribution in [3.63, 3.8) is 0 Å². The van der Waals surface area contributed by atoms with Crippen molar-refractivity contribution in [2.75, 3.05) is 7.11 Å². The van der Waals surface area contributed by atoms with Gasteiger partial charge in [0.1, 0.15) is 6.04 Å². The Morgan fingerprint density at radius 2 is 1.81 bits per heavy atom. The third-order valence-electron chi connectivity index (χ3n) is 2.83. The Bertz CT molecular complexity index is 183. The van der Waals surface area contributed by atoms with Crippen LogP contribution in [0.1, 0.15) is 59.3 Å². The molecule has 2 atom stereocenters. The van der Waals surface area contributed by atoms with Crippen molar-refractivity contribution in [3.05, 3.63) is 0 Å². The van der Waals surface area contributed by atoms with E-state index >= 15 is 0 Å². The van der Waals surface area contributed by atoms with Crippen molar-refractivity contribution in [1.29, 1.82) is 0 Å². The van der Waals surface area contributed by atoms with Crippen LogP contribution in [0.5, 0.6) is 0 Å². The molecule has 16 heavy (non-hydrogen) atoms. The molecule has 0 aromatic rings. The van der Waals surface area contributed by atoms with Crippen LogP contribution in [-0.4, -0.2) is 25.2 Å². The van der Waals surface area contributed by atoms with E-state index in [1.165, 1.54) is 39.2 Å². The third kappa shape index (κ3) is 7.69. The molecule has 0 spiro atoms. The maximum absolute atomic E-state index is 11.2. The van der Waals surface area contributed by atoms with Crippen LogP contribution in [0, 0.1) is 0 Å². The highest BCUT2D eigenvalue weighted by atomic mass is 16.5. The lowest BCUT2D eigenvalue weighted by Gasteiger charge is -2.18. The second kappa shape index (κ2) is 9.64. The summed E-state index contributed by atoms with van der Waals surface area (Å²) in [7, 11) is 1.43. The largest absolute Gasteiger partial charge is 0.468 e. The van der Waals surface area contributed by atoms with Crippen molar-refractivity contribution in [1.82, 2.24) is 5.32 Å². The minimum absolute atomic E-state index is 0.183. The van der Waals surface area contributed by atoms with Gasteiger partial charge in [0.2, 0.25) is 0 Å². The topological polar surface area (TPSA) is 38.3 Å². The number of carbonyl (C=O) groups excluding carboxylic acids is 1. The van der Waals surface area contributed by atoms with Gasteiger partial charge >= 0.3 is 5.97 Å². The molecule has 0 heterocycles.